The van der Waals surface area contributed by atoms with Crippen molar-refractivity contribution >= 4 is 6.03 Å². The molecule has 23 heavy (non-hydrogen) atoms. The van der Waals surface area contributed by atoms with Crippen molar-refractivity contribution in [2.24, 2.45) is 0 Å². The highest BCUT2D eigenvalue weighted by atomic mass is 19.1. The van der Waals surface area contributed by atoms with Gasteiger partial charge in [0.05, 0.1) is 19.0 Å². The highest BCUT2D eigenvalue weighted by molar-refractivity contribution is 5.74. The molecule has 0 spiro atoms. The summed E-state index contributed by atoms with van der Waals surface area (Å²) in [4.78, 5) is 11.9. The van der Waals surface area contributed by atoms with Crippen LogP contribution in [0.2, 0.25) is 0 Å². The number of benzene rings is 1. The quantitative estimate of drug-likeness (QED) is 0.729. The van der Waals surface area contributed by atoms with Gasteiger partial charge in [-0.25, -0.2) is 9.18 Å². The van der Waals surface area contributed by atoms with Crippen molar-refractivity contribution in [3.8, 4) is 0 Å². The Morgan fingerprint density at radius 2 is 2.09 bits per heavy atom. The first kappa shape index (κ1) is 17.0. The lowest BCUT2D eigenvalue weighted by Crippen LogP contribution is -2.41. The summed E-state index contributed by atoms with van der Waals surface area (Å²) in [5.41, 5.74) is 0.520. The Morgan fingerprint density at radius 3 is 2.70 bits per heavy atom. The normalized spacial score (nSPS) is 13.3. The molecule has 0 saturated heterocycles. The van der Waals surface area contributed by atoms with E-state index in [-0.39, 0.29) is 19.0 Å². The van der Waals surface area contributed by atoms with E-state index in [0.29, 0.717) is 11.3 Å². The van der Waals surface area contributed by atoms with Crippen molar-refractivity contribution in [1.82, 2.24) is 10.6 Å². The van der Waals surface area contributed by atoms with Crippen molar-refractivity contribution < 1.29 is 23.4 Å². The van der Waals surface area contributed by atoms with E-state index in [1.54, 1.807) is 12.1 Å². The summed E-state index contributed by atoms with van der Waals surface area (Å²) in [6.07, 6.45) is 0.585. The lowest BCUT2D eigenvalue weighted by molar-refractivity contribution is 0.152. The zero-order chi connectivity index (χ0) is 16.7. The molecule has 2 rings (SSSR count). The van der Waals surface area contributed by atoms with E-state index in [1.807, 2.05) is 0 Å². The molecule has 0 fully saturated rings. The minimum atomic E-state index is -0.925. The van der Waals surface area contributed by atoms with Gasteiger partial charge < -0.3 is 24.9 Å². The number of methoxy groups -OCH3 is 1. The molecule has 6 nitrogen and oxygen atoms in total. The number of amides is 2. The summed E-state index contributed by atoms with van der Waals surface area (Å²) >= 11 is 0. The van der Waals surface area contributed by atoms with E-state index < -0.39 is 18.2 Å². The monoisotopic (exact) mass is 322 g/mol. The molecule has 0 aliphatic rings. The molecule has 0 radical (unpaired) electrons. The zero-order valence-electron chi connectivity index (χ0n) is 12.7. The average molecular weight is 322 g/mol. The molecule has 0 bridgehead atoms. The van der Waals surface area contributed by atoms with Crippen LogP contribution in [0.15, 0.2) is 47.1 Å². The van der Waals surface area contributed by atoms with Crippen LogP contribution in [0, 0.1) is 5.82 Å². The van der Waals surface area contributed by atoms with Gasteiger partial charge in [0.2, 0.25) is 0 Å². The van der Waals surface area contributed by atoms with Crippen molar-refractivity contribution in [1.29, 1.82) is 0 Å². The van der Waals surface area contributed by atoms with E-state index in [0.717, 1.165) is 0 Å². The first-order chi connectivity index (χ1) is 11.1. The largest absolute Gasteiger partial charge is 0.467 e. The van der Waals surface area contributed by atoms with Gasteiger partial charge in [0, 0.05) is 13.7 Å². The van der Waals surface area contributed by atoms with Crippen molar-refractivity contribution in [3.05, 3.63) is 59.8 Å². The summed E-state index contributed by atoms with van der Waals surface area (Å²) in [6, 6.07) is 8.00. The molecule has 124 valence electrons. The molecule has 0 aliphatic carbocycles. The molecule has 3 N–H and O–H groups in total. The maximum Gasteiger partial charge on any atom is 0.315 e. The summed E-state index contributed by atoms with van der Waals surface area (Å²) in [5, 5.41) is 15.2. The Bertz CT molecular complexity index is 601. The number of rotatable bonds is 7. The number of hydrogen-bond acceptors (Lipinski definition) is 4. The van der Waals surface area contributed by atoms with Crippen LogP contribution in [-0.4, -0.2) is 31.4 Å². The molecule has 0 saturated carbocycles. The van der Waals surface area contributed by atoms with Crippen LogP contribution >= 0.6 is 0 Å². The summed E-state index contributed by atoms with van der Waals surface area (Å²) in [5.74, 6) is 0.189. The zero-order valence-corrected chi connectivity index (χ0v) is 12.7. The van der Waals surface area contributed by atoms with E-state index in [4.69, 9.17) is 9.15 Å². The van der Waals surface area contributed by atoms with Gasteiger partial charge in [-0.15, -0.1) is 0 Å². The highest BCUT2D eigenvalue weighted by Crippen LogP contribution is 2.14. The van der Waals surface area contributed by atoms with Crippen molar-refractivity contribution in [2.75, 3.05) is 20.3 Å². The molecule has 2 unspecified atom stereocenters. The topological polar surface area (TPSA) is 83.7 Å². The molecule has 0 aliphatic heterocycles. The minimum absolute atomic E-state index is 0.00464. The van der Waals surface area contributed by atoms with Gasteiger partial charge in [-0.05, 0) is 29.8 Å². The summed E-state index contributed by atoms with van der Waals surface area (Å²) in [7, 11) is 1.52. The first-order valence-corrected chi connectivity index (χ1v) is 7.10. The van der Waals surface area contributed by atoms with E-state index in [1.165, 1.54) is 37.6 Å². The van der Waals surface area contributed by atoms with Crippen LogP contribution in [0.3, 0.4) is 0 Å². The van der Waals surface area contributed by atoms with Gasteiger partial charge in [-0.2, -0.15) is 0 Å². The van der Waals surface area contributed by atoms with Crippen molar-refractivity contribution in [2.45, 2.75) is 12.1 Å². The molecule has 7 heteroatoms. The van der Waals surface area contributed by atoms with Crippen LogP contribution in [0.25, 0.3) is 0 Å². The number of urea groups is 1. The minimum Gasteiger partial charge on any atom is -0.467 e. The number of hydrogen-bond donors (Lipinski definition) is 3. The number of nitrogens with one attached hydrogen (secondary N) is 2. The molecular formula is C16H19FN2O4. The predicted octanol–water partition coefficient (Wildman–Crippen LogP) is 2.14. The van der Waals surface area contributed by atoms with E-state index in [2.05, 4.69) is 10.6 Å². The van der Waals surface area contributed by atoms with Crippen LogP contribution in [0.4, 0.5) is 9.18 Å². The predicted molar refractivity (Wildman–Crippen MR) is 81.2 cm³/mol. The molecule has 2 atom stereocenters. The SMILES string of the molecule is COCC(NC(=O)NCC(O)c1ccc(F)cc1)c1ccco1. The van der Waals surface area contributed by atoms with Crippen molar-refractivity contribution in [3.63, 3.8) is 0 Å². The van der Waals surface area contributed by atoms with Crippen LogP contribution in [0.5, 0.6) is 0 Å². The van der Waals surface area contributed by atoms with Gasteiger partial charge in [0.15, 0.2) is 0 Å². The fraction of sp³-hybridized carbons (Fsp3) is 0.312. The molecule has 1 aromatic carbocycles. The van der Waals surface area contributed by atoms with Gasteiger partial charge in [-0.1, -0.05) is 12.1 Å². The summed E-state index contributed by atoms with van der Waals surface area (Å²) < 4.78 is 23.1. The number of ether oxygens (including phenoxy) is 1. The third-order valence-electron chi connectivity index (χ3n) is 3.24. The molecule has 1 aromatic heterocycles. The Morgan fingerprint density at radius 1 is 1.35 bits per heavy atom. The molecular weight excluding hydrogens is 303 g/mol. The Balaban J connectivity index is 1.85. The first-order valence-electron chi connectivity index (χ1n) is 7.10. The standard InChI is InChI=1S/C16H19FN2O4/c1-22-10-13(15-3-2-8-23-15)19-16(21)18-9-14(20)11-4-6-12(17)7-5-11/h2-8,13-14,20H,9-10H2,1H3,(H2,18,19,21). The van der Waals surface area contributed by atoms with Gasteiger partial charge in [-0.3, -0.25) is 0 Å². The summed E-state index contributed by atoms with van der Waals surface area (Å²) in [6.45, 7) is 0.247. The number of aliphatic hydroxyl groups excluding tert-OH is 1. The maximum absolute atomic E-state index is 12.8. The Hall–Kier alpha value is -2.38. The molecule has 2 amide bonds. The lowest BCUT2D eigenvalue weighted by Gasteiger charge is -2.17. The maximum atomic E-state index is 12.8. The van der Waals surface area contributed by atoms with E-state index >= 15 is 0 Å². The Labute approximate surface area is 133 Å². The smallest absolute Gasteiger partial charge is 0.315 e. The highest BCUT2D eigenvalue weighted by Gasteiger charge is 2.17. The van der Waals surface area contributed by atoms with Gasteiger partial charge in [0.1, 0.15) is 17.6 Å². The molecule has 2 aromatic rings. The van der Waals surface area contributed by atoms with Crippen LogP contribution in [0.1, 0.15) is 23.5 Å². The fourth-order valence-electron chi connectivity index (χ4n) is 2.05. The number of halogens is 1. The molecule has 1 heterocycles. The average Bonchev–Trinajstić information content (AvgIpc) is 3.07. The second-order valence-electron chi connectivity index (χ2n) is 4.95. The Kier molecular flexibility index (Phi) is 6.13. The second-order valence-corrected chi connectivity index (χ2v) is 4.95. The third-order valence-corrected chi connectivity index (χ3v) is 3.24. The van der Waals surface area contributed by atoms with E-state index in [9.17, 15) is 14.3 Å². The number of carbonyl (C=O) groups excluding carboxylic acids is 1. The number of furan rings is 1. The van der Waals surface area contributed by atoms with Gasteiger partial charge in [0.25, 0.3) is 0 Å². The number of aliphatic hydroxyl groups is 1. The number of carbonyl (C=O) groups is 1. The fourth-order valence-corrected chi connectivity index (χ4v) is 2.05. The lowest BCUT2D eigenvalue weighted by atomic mass is 10.1. The van der Waals surface area contributed by atoms with Gasteiger partial charge >= 0.3 is 6.03 Å². The van der Waals surface area contributed by atoms with Crippen LogP contribution in [-0.2, 0) is 4.74 Å². The second kappa shape index (κ2) is 8.30. The van der Waals surface area contributed by atoms with Crippen LogP contribution < -0.4 is 10.6 Å². The third kappa shape index (κ3) is 5.08.